The van der Waals surface area contributed by atoms with Gasteiger partial charge in [0.2, 0.25) is 0 Å². The number of nitrogens with zero attached hydrogens (tertiary/aromatic N) is 5. The lowest BCUT2D eigenvalue weighted by Gasteiger charge is -2.33. The van der Waals surface area contributed by atoms with Crippen molar-refractivity contribution in [2.24, 2.45) is 0 Å². The molecule has 146 valence electrons. The highest BCUT2D eigenvalue weighted by atomic mass is 16.2. The van der Waals surface area contributed by atoms with Gasteiger partial charge in [0.1, 0.15) is 5.82 Å². The Kier molecular flexibility index (Phi) is 5.55. The number of aromatic nitrogens is 4. The first kappa shape index (κ1) is 18.5. The molecule has 0 N–H and O–H groups in total. The molecule has 4 rings (SSSR count). The van der Waals surface area contributed by atoms with E-state index in [9.17, 15) is 4.79 Å². The minimum atomic E-state index is 0.0717. The van der Waals surface area contributed by atoms with Crippen LogP contribution in [0, 0.1) is 0 Å². The van der Waals surface area contributed by atoms with E-state index in [1.807, 2.05) is 47.6 Å². The van der Waals surface area contributed by atoms with Crippen LogP contribution >= 0.6 is 0 Å². The number of benzene rings is 1. The Balaban J connectivity index is 1.55. The van der Waals surface area contributed by atoms with Crippen molar-refractivity contribution in [3.05, 3.63) is 66.5 Å². The number of hydrogen-bond donors (Lipinski definition) is 0. The Hall–Kier alpha value is -2.89. The molecule has 1 fully saturated rings. The van der Waals surface area contributed by atoms with Crippen molar-refractivity contribution in [2.45, 2.75) is 45.1 Å². The van der Waals surface area contributed by atoms with Gasteiger partial charge < -0.3 is 9.47 Å². The van der Waals surface area contributed by atoms with Crippen LogP contribution in [0.2, 0.25) is 0 Å². The second kappa shape index (κ2) is 8.42. The number of rotatable bonds is 6. The smallest absolute Gasteiger partial charge is 0.256 e. The summed E-state index contributed by atoms with van der Waals surface area (Å²) in [5, 5.41) is 4.30. The summed E-state index contributed by atoms with van der Waals surface area (Å²) in [6, 6.07) is 9.56. The highest BCUT2D eigenvalue weighted by molar-refractivity contribution is 5.97. The number of piperidine rings is 1. The van der Waals surface area contributed by atoms with E-state index >= 15 is 0 Å². The van der Waals surface area contributed by atoms with Gasteiger partial charge in [-0.3, -0.25) is 4.79 Å². The van der Waals surface area contributed by atoms with Gasteiger partial charge in [0, 0.05) is 50.3 Å². The molecule has 6 heteroatoms. The Morgan fingerprint density at radius 3 is 2.89 bits per heavy atom. The van der Waals surface area contributed by atoms with Gasteiger partial charge in [-0.25, -0.2) is 9.67 Å². The third kappa shape index (κ3) is 3.72. The van der Waals surface area contributed by atoms with Crippen molar-refractivity contribution in [2.75, 3.05) is 13.1 Å². The van der Waals surface area contributed by atoms with E-state index in [0.717, 1.165) is 56.8 Å². The van der Waals surface area contributed by atoms with E-state index < -0.39 is 0 Å². The van der Waals surface area contributed by atoms with Gasteiger partial charge in [-0.1, -0.05) is 25.5 Å². The highest BCUT2D eigenvalue weighted by Gasteiger charge is 2.29. The van der Waals surface area contributed by atoms with Crippen molar-refractivity contribution >= 4 is 5.91 Å². The fourth-order valence-corrected chi connectivity index (χ4v) is 4.01. The highest BCUT2D eigenvalue weighted by Crippen LogP contribution is 2.28. The average Bonchev–Trinajstić information content (AvgIpc) is 3.44. The summed E-state index contributed by atoms with van der Waals surface area (Å²) in [4.78, 5) is 20.0. The molecule has 1 atom stereocenters. The van der Waals surface area contributed by atoms with E-state index in [2.05, 4.69) is 27.8 Å². The molecule has 0 bridgehead atoms. The Morgan fingerprint density at radius 1 is 1.18 bits per heavy atom. The predicted molar refractivity (Wildman–Crippen MR) is 109 cm³/mol. The molecule has 1 aliphatic heterocycles. The standard InChI is InChI=1S/C22H27N5O/c1-2-3-13-25-16-12-23-21(25)18-8-6-14-26(17-18)22(28)19-9-4-5-10-20(19)27-15-7-11-24-27/h4-5,7,9-12,15-16,18H,2-3,6,8,13-14,17H2,1H3/t18-/m1/s1. The van der Waals surface area contributed by atoms with Crippen LogP contribution in [0.15, 0.2) is 55.1 Å². The maximum Gasteiger partial charge on any atom is 0.256 e. The molecule has 2 aromatic heterocycles. The van der Waals surface area contributed by atoms with Gasteiger partial charge in [-0.05, 0) is 37.5 Å². The molecule has 28 heavy (non-hydrogen) atoms. The van der Waals surface area contributed by atoms with Crippen LogP contribution in [0.4, 0.5) is 0 Å². The number of unbranched alkanes of at least 4 members (excludes halogenated alkanes) is 1. The molecule has 3 aromatic rings. The summed E-state index contributed by atoms with van der Waals surface area (Å²) in [5.74, 6) is 1.48. The van der Waals surface area contributed by atoms with Crippen molar-refractivity contribution in [3.8, 4) is 5.69 Å². The molecule has 1 aromatic carbocycles. The number of hydrogen-bond acceptors (Lipinski definition) is 3. The minimum absolute atomic E-state index is 0.0717. The van der Waals surface area contributed by atoms with E-state index in [-0.39, 0.29) is 5.91 Å². The molecule has 0 unspecified atom stereocenters. The number of amides is 1. The van der Waals surface area contributed by atoms with Crippen LogP contribution in [0.25, 0.3) is 5.69 Å². The van der Waals surface area contributed by atoms with E-state index in [0.29, 0.717) is 11.5 Å². The molecule has 6 nitrogen and oxygen atoms in total. The lowest BCUT2D eigenvalue weighted by Crippen LogP contribution is -2.40. The summed E-state index contributed by atoms with van der Waals surface area (Å²) in [6.07, 6.45) is 11.9. The maximum absolute atomic E-state index is 13.3. The Bertz CT molecular complexity index is 915. The van der Waals surface area contributed by atoms with Crippen LogP contribution in [-0.4, -0.2) is 43.2 Å². The SMILES string of the molecule is CCCCn1ccnc1[C@@H]1CCCN(C(=O)c2ccccc2-n2cccn2)C1. The second-order valence-corrected chi connectivity index (χ2v) is 7.39. The van der Waals surface area contributed by atoms with Crippen LogP contribution < -0.4 is 0 Å². The molecular weight excluding hydrogens is 350 g/mol. The number of likely N-dealkylation sites (tertiary alicyclic amines) is 1. The molecule has 0 radical (unpaired) electrons. The zero-order chi connectivity index (χ0) is 19.3. The Labute approximate surface area is 165 Å². The van der Waals surface area contributed by atoms with Crippen molar-refractivity contribution in [1.82, 2.24) is 24.2 Å². The molecule has 0 saturated carbocycles. The number of imidazole rings is 1. The Morgan fingerprint density at radius 2 is 2.07 bits per heavy atom. The van der Waals surface area contributed by atoms with Gasteiger partial charge in [-0.15, -0.1) is 0 Å². The van der Waals surface area contributed by atoms with Gasteiger partial charge in [0.25, 0.3) is 5.91 Å². The lowest BCUT2D eigenvalue weighted by molar-refractivity contribution is 0.0703. The molecule has 0 spiro atoms. The van der Waals surface area contributed by atoms with Gasteiger partial charge in [0.05, 0.1) is 11.3 Å². The number of carbonyl (C=O) groups is 1. The van der Waals surface area contributed by atoms with Crippen LogP contribution in [0.5, 0.6) is 0 Å². The zero-order valence-corrected chi connectivity index (χ0v) is 16.4. The lowest BCUT2D eigenvalue weighted by atomic mass is 9.96. The molecule has 0 aliphatic carbocycles. The molecule has 1 saturated heterocycles. The predicted octanol–water partition coefficient (Wildman–Crippen LogP) is 3.89. The van der Waals surface area contributed by atoms with Gasteiger partial charge >= 0.3 is 0 Å². The largest absolute Gasteiger partial charge is 0.338 e. The van der Waals surface area contributed by atoms with Crippen LogP contribution in [-0.2, 0) is 6.54 Å². The van der Waals surface area contributed by atoms with Crippen LogP contribution in [0.3, 0.4) is 0 Å². The number of para-hydroxylation sites is 1. The van der Waals surface area contributed by atoms with Gasteiger partial charge in [-0.2, -0.15) is 5.10 Å². The molecule has 1 amide bonds. The number of aryl methyl sites for hydroxylation is 1. The van der Waals surface area contributed by atoms with Gasteiger partial charge in [0.15, 0.2) is 0 Å². The summed E-state index contributed by atoms with van der Waals surface area (Å²) in [7, 11) is 0. The van der Waals surface area contributed by atoms with E-state index in [1.165, 1.54) is 0 Å². The minimum Gasteiger partial charge on any atom is -0.338 e. The number of carbonyl (C=O) groups excluding carboxylic acids is 1. The van der Waals surface area contributed by atoms with Crippen LogP contribution in [0.1, 0.15) is 54.7 Å². The monoisotopic (exact) mass is 377 g/mol. The summed E-state index contributed by atoms with van der Waals surface area (Å²) in [6.45, 7) is 4.71. The first-order valence-electron chi connectivity index (χ1n) is 10.2. The quantitative estimate of drug-likeness (QED) is 0.655. The third-order valence-electron chi connectivity index (χ3n) is 5.46. The first-order valence-corrected chi connectivity index (χ1v) is 10.2. The molecular formula is C22H27N5O. The normalized spacial score (nSPS) is 17.0. The summed E-state index contributed by atoms with van der Waals surface area (Å²) >= 11 is 0. The summed E-state index contributed by atoms with van der Waals surface area (Å²) in [5.41, 5.74) is 1.52. The zero-order valence-electron chi connectivity index (χ0n) is 16.4. The van der Waals surface area contributed by atoms with E-state index in [1.54, 1.807) is 10.9 Å². The third-order valence-corrected chi connectivity index (χ3v) is 5.46. The summed E-state index contributed by atoms with van der Waals surface area (Å²) < 4.78 is 4.02. The topological polar surface area (TPSA) is 56.0 Å². The van der Waals surface area contributed by atoms with Crippen molar-refractivity contribution in [3.63, 3.8) is 0 Å². The fourth-order valence-electron chi connectivity index (χ4n) is 4.01. The second-order valence-electron chi connectivity index (χ2n) is 7.39. The first-order chi connectivity index (χ1) is 13.8. The fraction of sp³-hybridized carbons (Fsp3) is 0.409. The molecule has 1 aliphatic rings. The maximum atomic E-state index is 13.3. The molecule has 3 heterocycles. The van der Waals surface area contributed by atoms with Crippen molar-refractivity contribution < 1.29 is 4.79 Å². The van der Waals surface area contributed by atoms with Crippen molar-refractivity contribution in [1.29, 1.82) is 0 Å². The average molecular weight is 377 g/mol. The van der Waals surface area contributed by atoms with E-state index in [4.69, 9.17) is 0 Å².